The largest absolute Gasteiger partial charge is 0.385 e. The van der Waals surface area contributed by atoms with Crippen LogP contribution in [0.3, 0.4) is 0 Å². The van der Waals surface area contributed by atoms with E-state index < -0.39 is 0 Å². The van der Waals surface area contributed by atoms with E-state index >= 15 is 0 Å². The summed E-state index contributed by atoms with van der Waals surface area (Å²) in [5, 5.41) is 6.97. The van der Waals surface area contributed by atoms with Gasteiger partial charge in [0.1, 0.15) is 5.76 Å². The molecule has 78 valence electrons. The topological polar surface area (TPSA) is 38.1 Å². The Hall–Kier alpha value is -1.77. The molecule has 1 heterocycles. The Balaban J connectivity index is 2.11. The maximum atomic E-state index is 5.07. The van der Waals surface area contributed by atoms with Crippen molar-refractivity contribution in [1.29, 1.82) is 0 Å². The van der Waals surface area contributed by atoms with Crippen molar-refractivity contribution < 1.29 is 4.52 Å². The van der Waals surface area contributed by atoms with E-state index in [4.69, 9.17) is 4.52 Å². The first-order chi connectivity index (χ1) is 7.38. The van der Waals surface area contributed by atoms with Gasteiger partial charge in [0, 0.05) is 24.7 Å². The molecule has 0 spiro atoms. The Bertz CT molecular complexity index is 409. The summed E-state index contributed by atoms with van der Waals surface area (Å²) in [6, 6.07) is 10.2. The van der Waals surface area contributed by atoms with Gasteiger partial charge in [0.15, 0.2) is 0 Å². The number of benzene rings is 1. The monoisotopic (exact) mass is 202 g/mol. The average molecular weight is 202 g/mol. The number of anilines is 1. The lowest BCUT2D eigenvalue weighted by molar-refractivity contribution is 0.389. The maximum Gasteiger partial charge on any atom is 0.141 e. The number of nitrogens with one attached hydrogen (secondary N) is 1. The van der Waals surface area contributed by atoms with E-state index in [1.807, 2.05) is 12.1 Å². The third-order valence-corrected chi connectivity index (χ3v) is 2.18. The van der Waals surface area contributed by atoms with Crippen LogP contribution in [0.4, 0.5) is 5.69 Å². The second-order valence-electron chi connectivity index (χ2n) is 3.39. The number of aromatic nitrogens is 1. The molecule has 0 saturated heterocycles. The van der Waals surface area contributed by atoms with Crippen LogP contribution in [-0.2, 0) is 6.42 Å². The van der Waals surface area contributed by atoms with Crippen molar-refractivity contribution in [3.63, 3.8) is 0 Å². The zero-order valence-corrected chi connectivity index (χ0v) is 8.73. The summed E-state index contributed by atoms with van der Waals surface area (Å²) in [7, 11) is 0. The van der Waals surface area contributed by atoms with E-state index in [1.54, 1.807) is 6.20 Å². The van der Waals surface area contributed by atoms with Crippen LogP contribution in [0.15, 0.2) is 41.1 Å². The molecule has 3 nitrogen and oxygen atoms in total. The van der Waals surface area contributed by atoms with Crippen LogP contribution < -0.4 is 5.32 Å². The standard InChI is InChI=1S/C12H14N2O/c1-2-13-11-5-3-4-10(8-11)9-12-6-7-14-15-12/h3-8,13H,2,9H2,1H3. The van der Waals surface area contributed by atoms with Gasteiger partial charge in [-0.2, -0.15) is 0 Å². The molecule has 0 aliphatic rings. The van der Waals surface area contributed by atoms with Crippen LogP contribution in [0.25, 0.3) is 0 Å². The van der Waals surface area contributed by atoms with Gasteiger partial charge in [-0.1, -0.05) is 17.3 Å². The highest BCUT2D eigenvalue weighted by Gasteiger charge is 2.00. The summed E-state index contributed by atoms with van der Waals surface area (Å²) in [6.07, 6.45) is 2.46. The quantitative estimate of drug-likeness (QED) is 0.828. The molecule has 0 unspecified atom stereocenters. The van der Waals surface area contributed by atoms with E-state index in [1.165, 1.54) is 5.56 Å². The van der Waals surface area contributed by atoms with Crippen LogP contribution in [0.1, 0.15) is 18.2 Å². The Morgan fingerprint density at radius 1 is 1.33 bits per heavy atom. The van der Waals surface area contributed by atoms with Crippen molar-refractivity contribution in [3.05, 3.63) is 47.9 Å². The second-order valence-corrected chi connectivity index (χ2v) is 3.39. The average Bonchev–Trinajstić information content (AvgIpc) is 2.71. The molecule has 1 aromatic heterocycles. The van der Waals surface area contributed by atoms with Crippen molar-refractivity contribution in [2.45, 2.75) is 13.3 Å². The highest BCUT2D eigenvalue weighted by Crippen LogP contribution is 2.14. The lowest BCUT2D eigenvalue weighted by Crippen LogP contribution is -1.97. The van der Waals surface area contributed by atoms with Crippen LogP contribution in [0, 0.1) is 0 Å². The van der Waals surface area contributed by atoms with Crippen molar-refractivity contribution in [2.75, 3.05) is 11.9 Å². The van der Waals surface area contributed by atoms with Gasteiger partial charge in [-0.25, -0.2) is 0 Å². The Kier molecular flexibility index (Phi) is 3.02. The van der Waals surface area contributed by atoms with E-state index in [2.05, 4.69) is 35.6 Å². The molecule has 3 heteroatoms. The predicted octanol–water partition coefficient (Wildman–Crippen LogP) is 2.70. The van der Waals surface area contributed by atoms with Crippen molar-refractivity contribution in [2.24, 2.45) is 0 Å². The van der Waals surface area contributed by atoms with E-state index in [0.29, 0.717) is 0 Å². The van der Waals surface area contributed by atoms with Gasteiger partial charge in [-0.3, -0.25) is 0 Å². The molecule has 0 bridgehead atoms. The number of hydrogen-bond acceptors (Lipinski definition) is 3. The smallest absolute Gasteiger partial charge is 0.141 e. The first-order valence-electron chi connectivity index (χ1n) is 5.11. The normalized spacial score (nSPS) is 10.2. The molecular formula is C12H14N2O. The van der Waals surface area contributed by atoms with Gasteiger partial charge < -0.3 is 9.84 Å². The zero-order chi connectivity index (χ0) is 10.5. The molecule has 0 saturated carbocycles. The van der Waals surface area contributed by atoms with Gasteiger partial charge in [-0.15, -0.1) is 0 Å². The Labute approximate surface area is 89.1 Å². The van der Waals surface area contributed by atoms with Gasteiger partial charge in [0.05, 0.1) is 6.20 Å². The molecule has 2 rings (SSSR count). The fraction of sp³-hybridized carbons (Fsp3) is 0.250. The summed E-state index contributed by atoms with van der Waals surface area (Å²) in [6.45, 7) is 3.02. The molecule has 1 N–H and O–H groups in total. The number of rotatable bonds is 4. The molecular weight excluding hydrogens is 188 g/mol. The molecule has 1 aromatic carbocycles. The van der Waals surface area contributed by atoms with Crippen LogP contribution in [0.5, 0.6) is 0 Å². The highest BCUT2D eigenvalue weighted by atomic mass is 16.5. The maximum absolute atomic E-state index is 5.07. The molecule has 15 heavy (non-hydrogen) atoms. The van der Waals surface area contributed by atoms with Crippen molar-refractivity contribution >= 4 is 5.69 Å². The van der Waals surface area contributed by atoms with E-state index in [-0.39, 0.29) is 0 Å². The fourth-order valence-electron chi connectivity index (χ4n) is 1.53. The molecule has 0 fully saturated rings. The van der Waals surface area contributed by atoms with Crippen molar-refractivity contribution in [1.82, 2.24) is 5.16 Å². The second kappa shape index (κ2) is 4.64. The minimum Gasteiger partial charge on any atom is -0.385 e. The summed E-state index contributed by atoms with van der Waals surface area (Å²) in [5.41, 5.74) is 2.37. The van der Waals surface area contributed by atoms with Gasteiger partial charge >= 0.3 is 0 Å². The van der Waals surface area contributed by atoms with E-state index in [9.17, 15) is 0 Å². The fourth-order valence-corrected chi connectivity index (χ4v) is 1.53. The summed E-state index contributed by atoms with van der Waals surface area (Å²) >= 11 is 0. The SMILES string of the molecule is CCNc1cccc(Cc2ccno2)c1. The first-order valence-corrected chi connectivity index (χ1v) is 5.11. The molecule has 0 aliphatic heterocycles. The highest BCUT2D eigenvalue weighted by molar-refractivity contribution is 5.46. The lowest BCUT2D eigenvalue weighted by atomic mass is 10.1. The Morgan fingerprint density at radius 3 is 3.00 bits per heavy atom. The lowest BCUT2D eigenvalue weighted by Gasteiger charge is -2.04. The first kappa shape index (κ1) is 9.77. The minimum atomic E-state index is 0.791. The van der Waals surface area contributed by atoms with Crippen molar-refractivity contribution in [3.8, 4) is 0 Å². The molecule has 0 radical (unpaired) electrons. The van der Waals surface area contributed by atoms with Gasteiger partial charge in [0.2, 0.25) is 0 Å². The third kappa shape index (κ3) is 2.59. The zero-order valence-electron chi connectivity index (χ0n) is 8.73. The molecule has 0 aliphatic carbocycles. The van der Waals surface area contributed by atoms with Crippen LogP contribution >= 0.6 is 0 Å². The number of nitrogens with zero attached hydrogens (tertiary/aromatic N) is 1. The number of hydrogen-bond donors (Lipinski definition) is 1. The Morgan fingerprint density at radius 2 is 2.27 bits per heavy atom. The van der Waals surface area contributed by atoms with Crippen LogP contribution in [-0.4, -0.2) is 11.7 Å². The summed E-state index contributed by atoms with van der Waals surface area (Å²) < 4.78 is 5.07. The van der Waals surface area contributed by atoms with Crippen LogP contribution in [0.2, 0.25) is 0 Å². The van der Waals surface area contributed by atoms with E-state index in [0.717, 1.165) is 24.4 Å². The summed E-state index contributed by atoms with van der Waals surface area (Å²) in [5.74, 6) is 0.892. The predicted molar refractivity (Wildman–Crippen MR) is 59.9 cm³/mol. The summed E-state index contributed by atoms with van der Waals surface area (Å²) in [4.78, 5) is 0. The third-order valence-electron chi connectivity index (χ3n) is 2.18. The van der Waals surface area contributed by atoms with Gasteiger partial charge in [0.25, 0.3) is 0 Å². The molecule has 0 amide bonds. The minimum absolute atomic E-state index is 0.791. The molecule has 0 atom stereocenters. The van der Waals surface area contributed by atoms with Gasteiger partial charge in [-0.05, 0) is 24.6 Å². The molecule has 2 aromatic rings.